The van der Waals surface area contributed by atoms with Crippen molar-refractivity contribution in [2.45, 2.75) is 0 Å². The van der Waals surface area contributed by atoms with E-state index in [4.69, 9.17) is 19.6 Å². The Labute approximate surface area is 97.7 Å². The van der Waals surface area contributed by atoms with Gasteiger partial charge in [0.1, 0.15) is 5.75 Å². The van der Waals surface area contributed by atoms with E-state index in [9.17, 15) is 4.79 Å². The van der Waals surface area contributed by atoms with Crippen molar-refractivity contribution in [2.75, 3.05) is 7.11 Å². The monoisotopic (exact) mass is 233 g/mol. The van der Waals surface area contributed by atoms with Crippen LogP contribution >= 0.6 is 0 Å². The van der Waals surface area contributed by atoms with Crippen LogP contribution in [0.25, 0.3) is 0 Å². The summed E-state index contributed by atoms with van der Waals surface area (Å²) in [6.07, 6.45) is 0. The molecule has 0 saturated carbocycles. The van der Waals surface area contributed by atoms with Gasteiger partial charge in [-0.05, 0) is 24.3 Å². The molecule has 1 aromatic carbocycles. The highest BCUT2D eigenvalue weighted by Gasteiger charge is 2.05. The van der Waals surface area contributed by atoms with Crippen LogP contribution < -0.4 is 15.2 Å². The second-order valence-electron chi connectivity index (χ2n) is 3.27. The number of furan rings is 1. The second kappa shape index (κ2) is 4.61. The lowest BCUT2D eigenvalue weighted by Crippen LogP contribution is -2.10. The summed E-state index contributed by atoms with van der Waals surface area (Å²) < 4.78 is 15.5. The Balaban J connectivity index is 2.10. The summed E-state index contributed by atoms with van der Waals surface area (Å²) in [5.74, 6) is 0.755. The van der Waals surface area contributed by atoms with Crippen LogP contribution in [0.5, 0.6) is 17.6 Å². The Bertz CT molecular complexity index is 516. The molecule has 0 aliphatic carbocycles. The van der Waals surface area contributed by atoms with Crippen LogP contribution in [0, 0.1) is 0 Å². The van der Waals surface area contributed by atoms with Crippen molar-refractivity contribution in [3.63, 3.8) is 0 Å². The zero-order valence-corrected chi connectivity index (χ0v) is 9.17. The number of ether oxygens (including phenoxy) is 2. The van der Waals surface area contributed by atoms with Crippen LogP contribution in [0.15, 0.2) is 40.8 Å². The van der Waals surface area contributed by atoms with E-state index in [0.717, 1.165) is 0 Å². The first-order valence-corrected chi connectivity index (χ1v) is 4.90. The molecule has 0 atom stereocenters. The minimum Gasteiger partial charge on any atom is -0.468 e. The fraction of sp³-hybridized carbons (Fsp3) is 0.0833. The third kappa shape index (κ3) is 2.57. The number of hydrogen-bond acceptors (Lipinski definition) is 4. The quantitative estimate of drug-likeness (QED) is 0.878. The molecule has 0 saturated heterocycles. The first kappa shape index (κ1) is 11.1. The first-order valence-electron chi connectivity index (χ1n) is 4.90. The number of hydrogen-bond donors (Lipinski definition) is 1. The topological polar surface area (TPSA) is 74.7 Å². The van der Waals surface area contributed by atoms with Gasteiger partial charge in [-0.25, -0.2) is 0 Å². The molecule has 1 aromatic heterocycles. The molecule has 88 valence electrons. The molecular formula is C12H11NO4. The van der Waals surface area contributed by atoms with Crippen molar-refractivity contribution < 1.29 is 18.7 Å². The zero-order valence-electron chi connectivity index (χ0n) is 9.17. The van der Waals surface area contributed by atoms with E-state index in [1.165, 1.54) is 7.11 Å². The van der Waals surface area contributed by atoms with Gasteiger partial charge in [0.05, 0.1) is 7.11 Å². The molecule has 1 heterocycles. The van der Waals surface area contributed by atoms with Gasteiger partial charge in [-0.2, -0.15) is 0 Å². The van der Waals surface area contributed by atoms with Gasteiger partial charge < -0.3 is 19.6 Å². The maximum absolute atomic E-state index is 10.9. The molecule has 0 fully saturated rings. The fourth-order valence-corrected chi connectivity index (χ4v) is 1.27. The summed E-state index contributed by atoms with van der Waals surface area (Å²) in [5.41, 5.74) is 5.55. The maximum Gasteiger partial charge on any atom is 0.292 e. The molecule has 2 aromatic rings. The summed E-state index contributed by atoms with van der Waals surface area (Å²) in [6.45, 7) is 0. The van der Waals surface area contributed by atoms with Crippen molar-refractivity contribution in [2.24, 2.45) is 5.73 Å². The minimum absolute atomic E-state index is 0.314. The van der Waals surface area contributed by atoms with E-state index in [0.29, 0.717) is 23.2 Å². The molecule has 0 spiro atoms. The van der Waals surface area contributed by atoms with E-state index in [1.54, 1.807) is 36.4 Å². The smallest absolute Gasteiger partial charge is 0.292 e. The Morgan fingerprint density at radius 3 is 2.29 bits per heavy atom. The number of carbonyl (C=O) groups is 1. The van der Waals surface area contributed by atoms with Gasteiger partial charge in [-0.1, -0.05) is 0 Å². The number of carbonyl (C=O) groups excluding carboxylic acids is 1. The molecule has 5 heteroatoms. The summed E-state index contributed by atoms with van der Waals surface area (Å²) in [7, 11) is 1.50. The number of amides is 1. The number of nitrogens with two attached hydrogens (primary N) is 1. The lowest BCUT2D eigenvalue weighted by molar-refractivity contribution is 0.100. The van der Waals surface area contributed by atoms with Crippen LogP contribution in [0.1, 0.15) is 10.4 Å². The predicted molar refractivity (Wildman–Crippen MR) is 60.3 cm³/mol. The molecule has 0 aliphatic rings. The van der Waals surface area contributed by atoms with Crippen molar-refractivity contribution in [3.8, 4) is 17.6 Å². The summed E-state index contributed by atoms with van der Waals surface area (Å²) in [4.78, 5) is 10.9. The van der Waals surface area contributed by atoms with Crippen LogP contribution in [0.4, 0.5) is 0 Å². The number of rotatable bonds is 4. The van der Waals surface area contributed by atoms with Crippen molar-refractivity contribution in [1.29, 1.82) is 0 Å². The Morgan fingerprint density at radius 1 is 1.12 bits per heavy atom. The minimum atomic E-state index is -0.476. The lowest BCUT2D eigenvalue weighted by atomic mass is 10.2. The van der Waals surface area contributed by atoms with Gasteiger partial charge in [0, 0.05) is 17.7 Å². The Hall–Kier alpha value is -2.43. The van der Waals surface area contributed by atoms with Crippen LogP contribution in [0.2, 0.25) is 0 Å². The molecule has 0 bridgehead atoms. The molecule has 17 heavy (non-hydrogen) atoms. The van der Waals surface area contributed by atoms with Gasteiger partial charge in [0.15, 0.2) is 0 Å². The third-order valence-corrected chi connectivity index (χ3v) is 2.12. The van der Waals surface area contributed by atoms with E-state index in [-0.39, 0.29) is 0 Å². The van der Waals surface area contributed by atoms with E-state index < -0.39 is 5.91 Å². The fourth-order valence-electron chi connectivity index (χ4n) is 1.27. The highest BCUT2D eigenvalue weighted by Crippen LogP contribution is 2.27. The second-order valence-corrected chi connectivity index (χ2v) is 3.27. The standard InChI is InChI=1S/C12H11NO4/c1-15-10-6-7-11(17-10)16-9-4-2-8(3-5-9)12(13)14/h2-7H,1H3,(H2,13,14). The van der Waals surface area contributed by atoms with E-state index in [2.05, 4.69) is 0 Å². The summed E-state index contributed by atoms with van der Waals surface area (Å²) >= 11 is 0. The summed E-state index contributed by atoms with van der Waals surface area (Å²) in [6, 6.07) is 9.72. The highest BCUT2D eigenvalue weighted by atomic mass is 16.6. The molecule has 2 N–H and O–H groups in total. The Kier molecular flexibility index (Phi) is 3.00. The molecule has 0 aliphatic heterocycles. The maximum atomic E-state index is 10.9. The molecule has 1 amide bonds. The van der Waals surface area contributed by atoms with Gasteiger partial charge in [-0.15, -0.1) is 0 Å². The predicted octanol–water partition coefficient (Wildman–Crippen LogP) is 2.18. The molecule has 2 rings (SSSR count). The average Bonchev–Trinajstić information content (AvgIpc) is 2.77. The molecule has 0 radical (unpaired) electrons. The normalized spacial score (nSPS) is 9.94. The number of primary amides is 1. The van der Waals surface area contributed by atoms with Gasteiger partial charge in [0.2, 0.25) is 5.91 Å². The zero-order chi connectivity index (χ0) is 12.3. The average molecular weight is 233 g/mol. The van der Waals surface area contributed by atoms with Crippen molar-refractivity contribution >= 4 is 5.91 Å². The van der Waals surface area contributed by atoms with Crippen LogP contribution in [0.3, 0.4) is 0 Å². The van der Waals surface area contributed by atoms with Crippen LogP contribution in [-0.4, -0.2) is 13.0 Å². The van der Waals surface area contributed by atoms with Crippen molar-refractivity contribution in [1.82, 2.24) is 0 Å². The number of methoxy groups -OCH3 is 1. The van der Waals surface area contributed by atoms with E-state index in [1.807, 2.05) is 0 Å². The first-order chi connectivity index (χ1) is 8.19. The summed E-state index contributed by atoms with van der Waals surface area (Å²) in [5, 5.41) is 0. The Morgan fingerprint density at radius 2 is 1.76 bits per heavy atom. The molecule has 5 nitrogen and oxygen atoms in total. The van der Waals surface area contributed by atoms with Crippen molar-refractivity contribution in [3.05, 3.63) is 42.0 Å². The number of benzene rings is 1. The van der Waals surface area contributed by atoms with Crippen LogP contribution in [-0.2, 0) is 0 Å². The molecular weight excluding hydrogens is 222 g/mol. The molecule has 0 unspecified atom stereocenters. The van der Waals surface area contributed by atoms with Gasteiger partial charge in [0.25, 0.3) is 11.9 Å². The van der Waals surface area contributed by atoms with Gasteiger partial charge >= 0.3 is 0 Å². The van der Waals surface area contributed by atoms with Gasteiger partial charge in [-0.3, -0.25) is 4.79 Å². The third-order valence-electron chi connectivity index (χ3n) is 2.12. The SMILES string of the molecule is COc1ccc(Oc2ccc(C(N)=O)cc2)o1. The lowest BCUT2D eigenvalue weighted by Gasteiger charge is -2.02. The largest absolute Gasteiger partial charge is 0.468 e. The van der Waals surface area contributed by atoms with E-state index >= 15 is 0 Å². The highest BCUT2D eigenvalue weighted by molar-refractivity contribution is 5.92.